The SMILES string of the molecule is CC(CNc1ccc(C(F)(F)F)nn1)N1CCCC1. The number of alkyl halides is 3. The van der Waals surface area contributed by atoms with Gasteiger partial charge in [0.15, 0.2) is 5.69 Å². The number of likely N-dealkylation sites (tertiary alicyclic amines) is 1. The summed E-state index contributed by atoms with van der Waals surface area (Å²) in [6.07, 6.45) is -2.01. The fourth-order valence-corrected chi connectivity index (χ4v) is 2.14. The van der Waals surface area contributed by atoms with Crippen molar-refractivity contribution in [1.29, 1.82) is 0 Å². The average molecular weight is 274 g/mol. The zero-order valence-corrected chi connectivity index (χ0v) is 10.7. The molecule has 1 aromatic rings. The quantitative estimate of drug-likeness (QED) is 0.915. The smallest absolute Gasteiger partial charge is 0.367 e. The normalized spacial score (nSPS) is 18.5. The van der Waals surface area contributed by atoms with Crippen molar-refractivity contribution in [2.24, 2.45) is 0 Å². The summed E-state index contributed by atoms with van der Waals surface area (Å²) < 4.78 is 36.9. The van der Waals surface area contributed by atoms with E-state index in [1.165, 1.54) is 18.9 Å². The Hall–Kier alpha value is -1.37. The fraction of sp³-hybridized carbons (Fsp3) is 0.667. The van der Waals surface area contributed by atoms with Crippen LogP contribution in [0.1, 0.15) is 25.5 Å². The fourth-order valence-electron chi connectivity index (χ4n) is 2.14. The van der Waals surface area contributed by atoms with Crippen LogP contribution in [0.15, 0.2) is 12.1 Å². The molecule has 1 aliphatic rings. The highest BCUT2D eigenvalue weighted by molar-refractivity contribution is 5.33. The van der Waals surface area contributed by atoms with Crippen molar-refractivity contribution >= 4 is 5.82 Å². The number of nitrogens with zero attached hydrogens (tertiary/aromatic N) is 3. The average Bonchev–Trinajstić information content (AvgIpc) is 2.89. The Morgan fingerprint density at radius 1 is 1.26 bits per heavy atom. The minimum atomic E-state index is -4.44. The molecule has 4 nitrogen and oxygen atoms in total. The first-order valence-electron chi connectivity index (χ1n) is 6.35. The van der Waals surface area contributed by atoms with Crippen molar-refractivity contribution in [3.63, 3.8) is 0 Å². The van der Waals surface area contributed by atoms with Gasteiger partial charge in [0.25, 0.3) is 0 Å². The van der Waals surface area contributed by atoms with Gasteiger partial charge in [0, 0.05) is 12.6 Å². The Bertz CT molecular complexity index is 398. The van der Waals surface area contributed by atoms with Crippen molar-refractivity contribution in [3.05, 3.63) is 17.8 Å². The Morgan fingerprint density at radius 2 is 1.95 bits per heavy atom. The van der Waals surface area contributed by atoms with Gasteiger partial charge in [-0.05, 0) is 45.0 Å². The maximum atomic E-state index is 12.3. The number of aromatic nitrogens is 2. The maximum absolute atomic E-state index is 12.3. The highest BCUT2D eigenvalue weighted by Crippen LogP contribution is 2.27. The molecule has 0 aliphatic carbocycles. The third kappa shape index (κ3) is 3.79. The molecule has 1 aliphatic heterocycles. The first kappa shape index (κ1) is 14.0. The molecule has 7 heteroatoms. The molecule has 19 heavy (non-hydrogen) atoms. The summed E-state index contributed by atoms with van der Waals surface area (Å²) in [4.78, 5) is 2.35. The van der Waals surface area contributed by atoms with Crippen LogP contribution in [-0.4, -0.2) is 40.8 Å². The molecule has 0 bridgehead atoms. The molecule has 0 amide bonds. The van der Waals surface area contributed by atoms with Crippen LogP contribution in [0.2, 0.25) is 0 Å². The van der Waals surface area contributed by atoms with Crippen molar-refractivity contribution in [2.45, 2.75) is 32.0 Å². The molecular formula is C12H17F3N4. The summed E-state index contributed by atoms with van der Waals surface area (Å²) >= 11 is 0. The van der Waals surface area contributed by atoms with E-state index in [1.807, 2.05) is 0 Å². The van der Waals surface area contributed by atoms with Crippen LogP contribution in [0.25, 0.3) is 0 Å². The highest BCUT2D eigenvalue weighted by Gasteiger charge is 2.32. The van der Waals surface area contributed by atoms with Crippen molar-refractivity contribution in [1.82, 2.24) is 15.1 Å². The zero-order valence-electron chi connectivity index (χ0n) is 10.7. The molecular weight excluding hydrogens is 257 g/mol. The number of rotatable bonds is 4. The number of hydrogen-bond donors (Lipinski definition) is 1. The largest absolute Gasteiger partial charge is 0.435 e. The van der Waals surface area contributed by atoms with E-state index in [2.05, 4.69) is 27.3 Å². The van der Waals surface area contributed by atoms with Gasteiger partial charge in [-0.2, -0.15) is 13.2 Å². The Labute approximate surface area is 110 Å². The van der Waals surface area contributed by atoms with Crippen LogP contribution in [0.5, 0.6) is 0 Å². The molecule has 106 valence electrons. The number of halogens is 3. The number of nitrogens with one attached hydrogen (secondary N) is 1. The molecule has 2 rings (SSSR count). The standard InChI is InChI=1S/C12H17F3N4/c1-9(19-6-2-3-7-19)8-16-11-5-4-10(17-18-11)12(13,14)15/h4-5,9H,2-3,6-8H2,1H3,(H,16,18). The van der Waals surface area contributed by atoms with Crippen molar-refractivity contribution < 1.29 is 13.2 Å². The van der Waals surface area contributed by atoms with Crippen LogP contribution in [0, 0.1) is 0 Å². The van der Waals surface area contributed by atoms with E-state index in [9.17, 15) is 13.2 Å². The predicted octanol–water partition coefficient (Wildman–Crippen LogP) is 2.39. The molecule has 1 fully saturated rings. The van der Waals surface area contributed by atoms with E-state index in [0.717, 1.165) is 19.2 Å². The monoisotopic (exact) mass is 274 g/mol. The maximum Gasteiger partial charge on any atom is 0.435 e. The Balaban J connectivity index is 1.86. The summed E-state index contributed by atoms with van der Waals surface area (Å²) in [5.41, 5.74) is -0.967. The van der Waals surface area contributed by atoms with E-state index in [-0.39, 0.29) is 0 Å². The van der Waals surface area contributed by atoms with E-state index in [1.54, 1.807) is 0 Å². The second-order valence-corrected chi connectivity index (χ2v) is 4.77. The van der Waals surface area contributed by atoms with Gasteiger partial charge in [0.05, 0.1) is 0 Å². The third-order valence-electron chi connectivity index (χ3n) is 3.30. The molecule has 1 unspecified atom stereocenters. The van der Waals surface area contributed by atoms with Crippen LogP contribution in [0.3, 0.4) is 0 Å². The summed E-state index contributed by atoms with van der Waals surface area (Å²) in [7, 11) is 0. The van der Waals surface area contributed by atoms with Gasteiger partial charge >= 0.3 is 6.18 Å². The molecule has 0 radical (unpaired) electrons. The second kappa shape index (κ2) is 5.73. The van der Waals surface area contributed by atoms with Crippen molar-refractivity contribution in [2.75, 3.05) is 25.0 Å². The number of anilines is 1. The minimum absolute atomic E-state index is 0.339. The predicted molar refractivity (Wildman–Crippen MR) is 65.8 cm³/mol. The van der Waals surface area contributed by atoms with Gasteiger partial charge in [-0.25, -0.2) is 0 Å². The molecule has 2 heterocycles. The van der Waals surface area contributed by atoms with Gasteiger partial charge in [0.1, 0.15) is 5.82 Å². The molecule has 0 spiro atoms. The lowest BCUT2D eigenvalue weighted by molar-refractivity contribution is -0.141. The first-order valence-corrected chi connectivity index (χ1v) is 6.35. The Morgan fingerprint density at radius 3 is 2.47 bits per heavy atom. The van der Waals surface area contributed by atoms with Crippen LogP contribution < -0.4 is 5.32 Å². The lowest BCUT2D eigenvalue weighted by Gasteiger charge is -2.23. The van der Waals surface area contributed by atoms with E-state index in [0.29, 0.717) is 18.4 Å². The third-order valence-corrected chi connectivity index (χ3v) is 3.30. The lowest BCUT2D eigenvalue weighted by Crippen LogP contribution is -2.35. The van der Waals surface area contributed by atoms with E-state index < -0.39 is 11.9 Å². The molecule has 1 saturated heterocycles. The van der Waals surface area contributed by atoms with Gasteiger partial charge in [-0.3, -0.25) is 4.90 Å². The van der Waals surface area contributed by atoms with Crippen LogP contribution >= 0.6 is 0 Å². The molecule has 0 aromatic carbocycles. The van der Waals surface area contributed by atoms with Gasteiger partial charge in [-0.1, -0.05) is 0 Å². The van der Waals surface area contributed by atoms with Crippen LogP contribution in [0.4, 0.5) is 19.0 Å². The number of hydrogen-bond acceptors (Lipinski definition) is 4. The topological polar surface area (TPSA) is 41.1 Å². The summed E-state index contributed by atoms with van der Waals surface area (Å²) in [6.45, 7) is 4.92. The molecule has 1 N–H and O–H groups in total. The minimum Gasteiger partial charge on any atom is -0.367 e. The second-order valence-electron chi connectivity index (χ2n) is 4.77. The van der Waals surface area contributed by atoms with Gasteiger partial charge in [-0.15, -0.1) is 10.2 Å². The van der Waals surface area contributed by atoms with E-state index in [4.69, 9.17) is 0 Å². The molecule has 0 saturated carbocycles. The molecule has 1 aromatic heterocycles. The van der Waals surface area contributed by atoms with E-state index >= 15 is 0 Å². The first-order chi connectivity index (χ1) is 8.97. The summed E-state index contributed by atoms with van der Waals surface area (Å²) in [6, 6.07) is 2.59. The summed E-state index contributed by atoms with van der Waals surface area (Å²) in [5, 5.41) is 9.74. The lowest BCUT2D eigenvalue weighted by atomic mass is 10.3. The zero-order chi connectivity index (χ0) is 13.9. The van der Waals surface area contributed by atoms with Gasteiger partial charge < -0.3 is 5.32 Å². The highest BCUT2D eigenvalue weighted by atomic mass is 19.4. The van der Waals surface area contributed by atoms with Gasteiger partial charge in [0.2, 0.25) is 0 Å². The Kier molecular flexibility index (Phi) is 4.24. The summed E-state index contributed by atoms with van der Waals surface area (Å²) in [5.74, 6) is 0.374. The van der Waals surface area contributed by atoms with Crippen molar-refractivity contribution in [3.8, 4) is 0 Å². The van der Waals surface area contributed by atoms with Crippen LogP contribution in [-0.2, 0) is 6.18 Å². The molecule has 1 atom stereocenters.